The summed E-state index contributed by atoms with van der Waals surface area (Å²) in [5.41, 5.74) is 0. The first kappa shape index (κ1) is 11.2. The van der Waals surface area contributed by atoms with Gasteiger partial charge in [0.15, 0.2) is 0 Å². The third-order valence-electron chi connectivity index (χ3n) is 1.92. The first-order valence-electron chi connectivity index (χ1n) is 4.54. The van der Waals surface area contributed by atoms with Crippen molar-refractivity contribution in [2.24, 2.45) is 5.92 Å². The van der Waals surface area contributed by atoms with Crippen molar-refractivity contribution in [3.8, 4) is 0 Å². The lowest BCUT2D eigenvalue weighted by atomic mass is 9.99. The fourth-order valence-corrected chi connectivity index (χ4v) is 1.57. The van der Waals surface area contributed by atoms with Gasteiger partial charge in [-0.1, -0.05) is 48.7 Å². The average Bonchev–Trinajstić information content (AvgIpc) is 1.97. The van der Waals surface area contributed by atoms with E-state index < -0.39 is 0 Å². The Bertz CT molecular complexity index is 112. The third-order valence-corrected chi connectivity index (χ3v) is 2.18. The molecule has 0 aromatic carbocycles. The topological polar surface area (TPSA) is 0 Å². The molecule has 0 aliphatic heterocycles. The van der Waals surface area contributed by atoms with Gasteiger partial charge in [0.25, 0.3) is 0 Å². The lowest BCUT2D eigenvalue weighted by Gasteiger charge is -2.08. The van der Waals surface area contributed by atoms with Gasteiger partial charge in [0.1, 0.15) is 0 Å². The Labute approximate surface area is 79.2 Å². The maximum atomic E-state index is 3.47. The summed E-state index contributed by atoms with van der Waals surface area (Å²) in [4.78, 5) is 0. The van der Waals surface area contributed by atoms with E-state index in [-0.39, 0.29) is 0 Å². The fraction of sp³-hybridized carbons (Fsp3) is 0.800. The number of rotatable bonds is 5. The molecule has 0 amide bonds. The van der Waals surface area contributed by atoms with Crippen LogP contribution >= 0.6 is 15.9 Å². The first-order valence-corrected chi connectivity index (χ1v) is 5.33. The molecule has 0 aliphatic rings. The van der Waals surface area contributed by atoms with Gasteiger partial charge in [-0.15, -0.1) is 0 Å². The summed E-state index contributed by atoms with van der Waals surface area (Å²) in [7, 11) is 0. The molecule has 0 bridgehead atoms. The summed E-state index contributed by atoms with van der Waals surface area (Å²) < 4.78 is 1.28. The summed E-state index contributed by atoms with van der Waals surface area (Å²) in [5, 5.41) is 0. The Balaban J connectivity index is 3.67. The molecule has 0 aromatic rings. The first-order chi connectivity index (χ1) is 5.20. The van der Waals surface area contributed by atoms with Crippen LogP contribution in [0.1, 0.15) is 46.5 Å². The summed E-state index contributed by atoms with van der Waals surface area (Å²) >= 11 is 3.47. The van der Waals surface area contributed by atoms with Gasteiger partial charge in [-0.05, 0) is 30.2 Å². The van der Waals surface area contributed by atoms with Crippen LogP contribution in [0, 0.1) is 5.92 Å². The molecule has 66 valence electrons. The highest BCUT2D eigenvalue weighted by atomic mass is 79.9. The Kier molecular flexibility index (Phi) is 7.04. The minimum Gasteiger partial charge on any atom is -0.0715 e. The Morgan fingerprint density at radius 1 is 1.45 bits per heavy atom. The number of hydrogen-bond acceptors (Lipinski definition) is 0. The fourth-order valence-electron chi connectivity index (χ4n) is 1.20. The van der Waals surface area contributed by atoms with Crippen molar-refractivity contribution in [1.82, 2.24) is 0 Å². The molecule has 11 heavy (non-hydrogen) atoms. The summed E-state index contributed by atoms with van der Waals surface area (Å²) in [6, 6.07) is 0. The molecule has 0 radical (unpaired) electrons. The van der Waals surface area contributed by atoms with Gasteiger partial charge in [0.2, 0.25) is 0 Å². The second-order valence-electron chi connectivity index (χ2n) is 3.06. The number of hydrogen-bond donors (Lipinski definition) is 0. The quantitative estimate of drug-likeness (QED) is 0.638. The van der Waals surface area contributed by atoms with Crippen molar-refractivity contribution >= 4 is 15.9 Å². The van der Waals surface area contributed by atoms with Crippen LogP contribution in [-0.2, 0) is 0 Å². The SMILES string of the molecule is CCCCC(C=C(C)Br)CC. The van der Waals surface area contributed by atoms with Crippen LogP contribution in [0.4, 0.5) is 0 Å². The molecule has 0 saturated heterocycles. The summed E-state index contributed by atoms with van der Waals surface area (Å²) in [6.07, 6.45) is 7.61. The Morgan fingerprint density at radius 2 is 2.09 bits per heavy atom. The molecule has 0 rings (SSSR count). The monoisotopic (exact) mass is 218 g/mol. The van der Waals surface area contributed by atoms with Gasteiger partial charge in [-0.2, -0.15) is 0 Å². The number of unbranched alkanes of at least 4 members (excludes halogenated alkanes) is 1. The van der Waals surface area contributed by atoms with E-state index >= 15 is 0 Å². The van der Waals surface area contributed by atoms with E-state index in [1.165, 1.54) is 30.2 Å². The molecule has 0 spiro atoms. The van der Waals surface area contributed by atoms with Gasteiger partial charge >= 0.3 is 0 Å². The molecular weight excluding hydrogens is 200 g/mol. The molecule has 1 heteroatoms. The van der Waals surface area contributed by atoms with Crippen LogP contribution in [0.15, 0.2) is 10.6 Å². The van der Waals surface area contributed by atoms with E-state index in [1.54, 1.807) is 0 Å². The average molecular weight is 219 g/mol. The van der Waals surface area contributed by atoms with Gasteiger partial charge in [-0.3, -0.25) is 0 Å². The normalized spacial score (nSPS) is 15.1. The van der Waals surface area contributed by atoms with Crippen LogP contribution in [0.3, 0.4) is 0 Å². The standard InChI is InChI=1S/C10H19Br/c1-4-6-7-10(5-2)8-9(3)11/h8,10H,4-7H2,1-3H3. The van der Waals surface area contributed by atoms with E-state index in [0.29, 0.717) is 0 Å². The van der Waals surface area contributed by atoms with E-state index in [9.17, 15) is 0 Å². The minimum absolute atomic E-state index is 0.786. The Morgan fingerprint density at radius 3 is 2.45 bits per heavy atom. The van der Waals surface area contributed by atoms with Crippen LogP contribution in [-0.4, -0.2) is 0 Å². The van der Waals surface area contributed by atoms with Crippen LogP contribution in [0.5, 0.6) is 0 Å². The zero-order valence-electron chi connectivity index (χ0n) is 7.86. The Hall–Kier alpha value is 0.220. The molecule has 0 saturated carbocycles. The zero-order chi connectivity index (χ0) is 8.69. The molecule has 0 N–H and O–H groups in total. The lowest BCUT2D eigenvalue weighted by molar-refractivity contribution is 0.539. The van der Waals surface area contributed by atoms with E-state index in [4.69, 9.17) is 0 Å². The number of allylic oxidation sites excluding steroid dienone is 2. The van der Waals surface area contributed by atoms with Crippen molar-refractivity contribution < 1.29 is 0 Å². The molecule has 0 heterocycles. The van der Waals surface area contributed by atoms with Crippen LogP contribution < -0.4 is 0 Å². The molecule has 0 fully saturated rings. The number of halogens is 1. The van der Waals surface area contributed by atoms with Crippen molar-refractivity contribution in [2.45, 2.75) is 46.5 Å². The maximum absolute atomic E-state index is 3.47. The smallest absolute Gasteiger partial charge is 0.0117 e. The van der Waals surface area contributed by atoms with E-state index in [0.717, 1.165) is 5.92 Å². The highest BCUT2D eigenvalue weighted by Gasteiger charge is 2.00. The van der Waals surface area contributed by atoms with E-state index in [1.807, 2.05) is 0 Å². The highest BCUT2D eigenvalue weighted by molar-refractivity contribution is 9.11. The van der Waals surface area contributed by atoms with Crippen molar-refractivity contribution in [2.75, 3.05) is 0 Å². The van der Waals surface area contributed by atoms with E-state index in [2.05, 4.69) is 42.8 Å². The van der Waals surface area contributed by atoms with Crippen LogP contribution in [0.25, 0.3) is 0 Å². The summed E-state index contributed by atoms with van der Waals surface area (Å²) in [6.45, 7) is 6.61. The van der Waals surface area contributed by atoms with Crippen molar-refractivity contribution in [3.05, 3.63) is 10.6 Å². The van der Waals surface area contributed by atoms with Gasteiger partial charge in [0, 0.05) is 0 Å². The molecular formula is C10H19Br. The molecule has 1 atom stereocenters. The molecule has 0 aromatic heterocycles. The van der Waals surface area contributed by atoms with Gasteiger partial charge in [-0.25, -0.2) is 0 Å². The van der Waals surface area contributed by atoms with Crippen molar-refractivity contribution in [3.63, 3.8) is 0 Å². The van der Waals surface area contributed by atoms with Gasteiger partial charge in [0.05, 0.1) is 0 Å². The molecule has 1 unspecified atom stereocenters. The van der Waals surface area contributed by atoms with Gasteiger partial charge < -0.3 is 0 Å². The lowest BCUT2D eigenvalue weighted by Crippen LogP contribution is -1.93. The zero-order valence-corrected chi connectivity index (χ0v) is 9.45. The predicted molar refractivity (Wildman–Crippen MR) is 56.0 cm³/mol. The largest absolute Gasteiger partial charge is 0.0715 e. The second kappa shape index (κ2) is 6.90. The molecule has 0 aliphatic carbocycles. The third kappa shape index (κ3) is 6.61. The molecule has 0 nitrogen and oxygen atoms in total. The maximum Gasteiger partial charge on any atom is -0.0117 e. The van der Waals surface area contributed by atoms with Crippen molar-refractivity contribution in [1.29, 1.82) is 0 Å². The minimum atomic E-state index is 0.786. The van der Waals surface area contributed by atoms with Crippen LogP contribution in [0.2, 0.25) is 0 Å². The summed E-state index contributed by atoms with van der Waals surface area (Å²) in [5.74, 6) is 0.786. The predicted octanol–water partition coefficient (Wildman–Crippen LogP) is 4.50. The second-order valence-corrected chi connectivity index (χ2v) is 4.31. The highest BCUT2D eigenvalue weighted by Crippen LogP contribution is 2.17.